The van der Waals surface area contributed by atoms with Crippen LogP contribution < -0.4 is 16.0 Å². The van der Waals surface area contributed by atoms with Gasteiger partial charge in [-0.15, -0.1) is 0 Å². The Kier molecular flexibility index (Phi) is 5.53. The number of nitrogens with one attached hydrogen (secondary N) is 1. The first kappa shape index (κ1) is 20.4. The molecule has 6 nitrogen and oxygen atoms in total. The molecule has 2 atom stereocenters. The fourth-order valence-corrected chi connectivity index (χ4v) is 3.87. The number of nitrogens with two attached hydrogens (primary N) is 1. The lowest BCUT2D eigenvalue weighted by Crippen LogP contribution is -2.59. The fraction of sp³-hybridized carbons (Fsp3) is 0.286. The van der Waals surface area contributed by atoms with Crippen molar-refractivity contribution in [1.29, 1.82) is 0 Å². The maximum absolute atomic E-state index is 13.9. The molecule has 9 heteroatoms. The van der Waals surface area contributed by atoms with Crippen molar-refractivity contribution < 1.29 is 13.6 Å². The fourth-order valence-electron chi connectivity index (χ4n) is 3.75. The number of carbonyl (C=O) groups excluding carboxylic acids is 1. The molecule has 2 aliphatic heterocycles. The van der Waals surface area contributed by atoms with E-state index in [-0.39, 0.29) is 22.9 Å². The van der Waals surface area contributed by atoms with Crippen LogP contribution >= 0.6 is 11.6 Å². The van der Waals surface area contributed by atoms with Crippen molar-refractivity contribution in [2.75, 3.05) is 29.9 Å². The molecule has 2 aliphatic rings. The molecule has 2 aromatic rings. The number of carbonyl (C=O) groups is 1. The minimum atomic E-state index is -0.583. The molecule has 158 valence electrons. The van der Waals surface area contributed by atoms with Crippen molar-refractivity contribution in [3.05, 3.63) is 71.1 Å². The molecule has 1 unspecified atom stereocenters. The van der Waals surface area contributed by atoms with E-state index in [1.165, 1.54) is 24.3 Å². The molecule has 3 N–H and O–H groups in total. The largest absolute Gasteiger partial charge is 0.341 e. The normalized spacial score (nSPS) is 19.4. The molecule has 2 heterocycles. The second-order valence-electron chi connectivity index (χ2n) is 7.40. The summed E-state index contributed by atoms with van der Waals surface area (Å²) < 4.78 is 27.3. The molecule has 0 aliphatic carbocycles. The lowest BCUT2D eigenvalue weighted by Gasteiger charge is -2.43. The van der Waals surface area contributed by atoms with Crippen molar-refractivity contribution in [3.63, 3.8) is 0 Å². The molecule has 1 amide bonds. The molecule has 1 fully saturated rings. The summed E-state index contributed by atoms with van der Waals surface area (Å²) in [5.74, 6) is -0.209. The van der Waals surface area contributed by atoms with Gasteiger partial charge in [0.25, 0.3) is 0 Å². The predicted molar refractivity (Wildman–Crippen MR) is 113 cm³/mol. The second kappa shape index (κ2) is 8.12. The monoisotopic (exact) mass is 433 g/mol. The highest BCUT2D eigenvalue weighted by atomic mass is 35.5. The molecule has 0 saturated carbocycles. The summed E-state index contributed by atoms with van der Waals surface area (Å²) in [7, 11) is 0. The first-order valence-corrected chi connectivity index (χ1v) is 10.00. The lowest BCUT2D eigenvalue weighted by molar-refractivity contribution is -0.134. The van der Waals surface area contributed by atoms with Crippen LogP contribution in [0, 0.1) is 11.6 Å². The summed E-state index contributed by atoms with van der Waals surface area (Å²) >= 11 is 5.78. The van der Waals surface area contributed by atoms with Gasteiger partial charge in [-0.3, -0.25) is 4.79 Å². The molecule has 30 heavy (non-hydrogen) atoms. The summed E-state index contributed by atoms with van der Waals surface area (Å²) in [6.45, 7) is 3.17. The molecule has 0 bridgehead atoms. The van der Waals surface area contributed by atoms with Gasteiger partial charge in [0, 0.05) is 30.7 Å². The highest BCUT2D eigenvalue weighted by Crippen LogP contribution is 2.32. The van der Waals surface area contributed by atoms with Crippen LogP contribution in [0.3, 0.4) is 0 Å². The van der Waals surface area contributed by atoms with E-state index < -0.39 is 11.9 Å². The zero-order chi connectivity index (χ0) is 21.4. The van der Waals surface area contributed by atoms with Crippen LogP contribution in [0.2, 0.25) is 5.02 Å². The first-order valence-electron chi connectivity index (χ1n) is 9.62. The van der Waals surface area contributed by atoms with Gasteiger partial charge in [-0.2, -0.15) is 0 Å². The third-order valence-electron chi connectivity index (χ3n) is 5.26. The maximum atomic E-state index is 13.9. The van der Waals surface area contributed by atoms with Crippen molar-refractivity contribution in [1.82, 2.24) is 9.80 Å². The molecule has 0 aromatic heterocycles. The Morgan fingerprint density at radius 3 is 2.60 bits per heavy atom. The Labute approximate surface area is 178 Å². The Bertz CT molecular complexity index is 982. The molecular formula is C21H22ClF2N5O. The van der Waals surface area contributed by atoms with E-state index in [0.29, 0.717) is 25.3 Å². The molecular weight excluding hydrogens is 412 g/mol. The van der Waals surface area contributed by atoms with Crippen LogP contribution in [-0.2, 0) is 4.79 Å². The van der Waals surface area contributed by atoms with E-state index >= 15 is 0 Å². The Morgan fingerprint density at radius 1 is 1.20 bits per heavy atom. The maximum Gasteiger partial charge on any atom is 0.239 e. The third-order valence-corrected chi connectivity index (χ3v) is 5.57. The van der Waals surface area contributed by atoms with Crippen molar-refractivity contribution in [2.24, 2.45) is 5.73 Å². The number of halogens is 3. The average molecular weight is 434 g/mol. The summed E-state index contributed by atoms with van der Waals surface area (Å²) in [6.07, 6.45) is 1.68. The number of anilines is 2. The van der Waals surface area contributed by atoms with Crippen LogP contribution in [0.1, 0.15) is 6.92 Å². The van der Waals surface area contributed by atoms with Crippen molar-refractivity contribution in [2.45, 2.75) is 19.1 Å². The van der Waals surface area contributed by atoms with Gasteiger partial charge in [0.2, 0.25) is 5.91 Å². The number of rotatable bonds is 4. The molecule has 2 aromatic carbocycles. The average Bonchev–Trinajstić information content (AvgIpc) is 3.08. The number of hydrogen-bond acceptors (Lipinski definition) is 5. The number of piperazine rings is 1. The van der Waals surface area contributed by atoms with Crippen LogP contribution in [0.5, 0.6) is 0 Å². The Balaban J connectivity index is 1.63. The van der Waals surface area contributed by atoms with E-state index in [2.05, 4.69) is 10.2 Å². The standard InChI is InChI=1S/C21H22ClF2N5O/c1-13(25)21(30)27-8-9-28-19(26-15-4-7-17(22)18(24)10-15)11-29(20(28)12-27)16-5-2-14(23)3-6-16/h2-7,10-11,13,20,26H,8-9,12,25H2,1H3/t13-,20?/m0/s1. The molecule has 0 spiro atoms. The number of amides is 1. The smallest absolute Gasteiger partial charge is 0.239 e. The SMILES string of the molecule is C[C@H](N)C(=O)N1CCN2C(Nc3ccc(Cl)c(F)c3)=CN(c3ccc(F)cc3)C2C1. The quantitative estimate of drug-likeness (QED) is 0.775. The topological polar surface area (TPSA) is 64.8 Å². The summed E-state index contributed by atoms with van der Waals surface area (Å²) in [6, 6.07) is 10.1. The van der Waals surface area contributed by atoms with Crippen LogP contribution in [0.15, 0.2) is 54.5 Å². The highest BCUT2D eigenvalue weighted by Gasteiger charge is 2.39. The van der Waals surface area contributed by atoms with Gasteiger partial charge in [0.1, 0.15) is 23.6 Å². The first-order chi connectivity index (χ1) is 14.3. The van der Waals surface area contributed by atoms with E-state index in [4.69, 9.17) is 17.3 Å². The van der Waals surface area contributed by atoms with Gasteiger partial charge < -0.3 is 25.8 Å². The third kappa shape index (κ3) is 3.93. The number of hydrogen-bond donors (Lipinski definition) is 2. The minimum absolute atomic E-state index is 0.0507. The van der Waals surface area contributed by atoms with Crippen LogP contribution in [-0.4, -0.2) is 47.5 Å². The van der Waals surface area contributed by atoms with Crippen LogP contribution in [0.4, 0.5) is 20.2 Å². The van der Waals surface area contributed by atoms with Gasteiger partial charge >= 0.3 is 0 Å². The Morgan fingerprint density at radius 2 is 1.93 bits per heavy atom. The summed E-state index contributed by atoms with van der Waals surface area (Å²) in [5, 5.41) is 3.28. The highest BCUT2D eigenvalue weighted by molar-refractivity contribution is 6.30. The van der Waals surface area contributed by atoms with Gasteiger partial charge in [0.05, 0.1) is 17.6 Å². The van der Waals surface area contributed by atoms with Gasteiger partial charge in [-0.25, -0.2) is 8.78 Å². The number of fused-ring (bicyclic) bond motifs is 1. The summed E-state index contributed by atoms with van der Waals surface area (Å²) in [5.41, 5.74) is 7.12. The van der Waals surface area contributed by atoms with Gasteiger partial charge in [-0.1, -0.05) is 11.6 Å². The second-order valence-corrected chi connectivity index (χ2v) is 7.81. The predicted octanol–water partition coefficient (Wildman–Crippen LogP) is 3.17. The minimum Gasteiger partial charge on any atom is -0.341 e. The Hall–Kier alpha value is -2.84. The molecule has 0 radical (unpaired) electrons. The summed E-state index contributed by atoms with van der Waals surface area (Å²) in [4.78, 5) is 18.2. The molecule has 1 saturated heterocycles. The van der Waals surface area contributed by atoms with Crippen LogP contribution in [0.25, 0.3) is 0 Å². The molecule has 4 rings (SSSR count). The van der Waals surface area contributed by atoms with E-state index in [1.807, 2.05) is 11.1 Å². The van der Waals surface area contributed by atoms with E-state index in [1.54, 1.807) is 30.0 Å². The number of benzene rings is 2. The number of nitrogens with zero attached hydrogens (tertiary/aromatic N) is 3. The lowest BCUT2D eigenvalue weighted by atomic mass is 10.2. The van der Waals surface area contributed by atoms with E-state index in [0.717, 1.165) is 11.5 Å². The van der Waals surface area contributed by atoms with E-state index in [9.17, 15) is 13.6 Å². The van der Waals surface area contributed by atoms with Crippen molar-refractivity contribution in [3.8, 4) is 0 Å². The van der Waals surface area contributed by atoms with Gasteiger partial charge in [-0.05, 0) is 49.4 Å². The van der Waals surface area contributed by atoms with Crippen molar-refractivity contribution >= 4 is 28.9 Å². The zero-order valence-corrected chi connectivity index (χ0v) is 17.1. The zero-order valence-electron chi connectivity index (χ0n) is 16.4. The van der Waals surface area contributed by atoms with Gasteiger partial charge in [0.15, 0.2) is 0 Å².